The third-order valence-corrected chi connectivity index (χ3v) is 5.27. The van der Waals surface area contributed by atoms with Crippen LogP contribution in [0.25, 0.3) is 0 Å². The molecule has 2 heterocycles. The van der Waals surface area contributed by atoms with E-state index in [0.29, 0.717) is 25.7 Å². The molecule has 0 atom stereocenters. The van der Waals surface area contributed by atoms with Crippen molar-refractivity contribution < 1.29 is 9.47 Å². The number of guanidine groups is 1. The maximum Gasteiger partial charge on any atom is 0.191 e. The van der Waals surface area contributed by atoms with E-state index in [-0.39, 0.29) is 24.0 Å². The number of benzene rings is 1. The smallest absolute Gasteiger partial charge is 0.191 e. The predicted octanol–water partition coefficient (Wildman–Crippen LogP) is 3.05. The molecule has 2 N–H and O–H groups in total. The average molecular weight is 539 g/mol. The van der Waals surface area contributed by atoms with Crippen molar-refractivity contribution in [2.24, 2.45) is 4.99 Å². The topological polar surface area (TPSA) is 71.0 Å². The van der Waals surface area contributed by atoms with Gasteiger partial charge in [0.25, 0.3) is 0 Å². The van der Waals surface area contributed by atoms with Crippen molar-refractivity contribution >= 4 is 29.9 Å². The summed E-state index contributed by atoms with van der Waals surface area (Å²) in [6, 6.07) is 14.7. The quantitative estimate of drug-likeness (QED) is 0.290. The lowest BCUT2D eigenvalue weighted by Crippen LogP contribution is -2.38. The first kappa shape index (κ1) is 25.4. The molecule has 0 amide bonds. The first-order valence-corrected chi connectivity index (χ1v) is 10.6. The number of nitrogens with zero attached hydrogens (tertiary/aromatic N) is 3. The number of likely N-dealkylation sites (N-methyl/N-ethyl adjacent to an activating group) is 1. The zero-order chi connectivity index (χ0) is 21.0. The van der Waals surface area contributed by atoms with Crippen LogP contribution in [0.4, 0.5) is 0 Å². The highest BCUT2D eigenvalue weighted by molar-refractivity contribution is 14.0. The molecule has 31 heavy (non-hydrogen) atoms. The molecule has 1 aromatic carbocycles. The van der Waals surface area contributed by atoms with Gasteiger partial charge >= 0.3 is 0 Å². The van der Waals surface area contributed by atoms with Crippen molar-refractivity contribution in [3.8, 4) is 5.75 Å². The highest BCUT2D eigenvalue weighted by Crippen LogP contribution is 2.15. The third kappa shape index (κ3) is 9.00. The van der Waals surface area contributed by atoms with Crippen LogP contribution in [0.15, 0.2) is 53.7 Å². The molecule has 8 heteroatoms. The van der Waals surface area contributed by atoms with Gasteiger partial charge in [-0.2, -0.15) is 0 Å². The van der Waals surface area contributed by atoms with Gasteiger partial charge in [0.05, 0.1) is 12.2 Å². The van der Waals surface area contributed by atoms with Gasteiger partial charge in [-0.3, -0.25) is 14.9 Å². The summed E-state index contributed by atoms with van der Waals surface area (Å²) in [4.78, 5) is 11.0. The number of ether oxygens (including phenoxy) is 2. The van der Waals surface area contributed by atoms with Crippen LogP contribution in [0.1, 0.15) is 24.1 Å². The molecule has 0 spiro atoms. The first-order chi connectivity index (χ1) is 14.7. The van der Waals surface area contributed by atoms with Crippen molar-refractivity contribution in [2.75, 3.05) is 40.5 Å². The van der Waals surface area contributed by atoms with Crippen molar-refractivity contribution in [1.29, 1.82) is 0 Å². The number of hydrogen-bond donors (Lipinski definition) is 2. The van der Waals surface area contributed by atoms with E-state index < -0.39 is 0 Å². The molecule has 0 saturated carbocycles. The Bertz CT molecular complexity index is 785. The van der Waals surface area contributed by atoms with Crippen molar-refractivity contribution in [3.05, 3.63) is 59.9 Å². The lowest BCUT2D eigenvalue weighted by Gasteiger charge is -2.31. The van der Waals surface area contributed by atoms with Crippen LogP contribution in [0, 0.1) is 0 Å². The molecule has 1 aliphatic rings. The van der Waals surface area contributed by atoms with Crippen LogP contribution in [0.2, 0.25) is 0 Å². The maximum absolute atomic E-state index is 5.99. The number of aliphatic imine (C=N–C) groups is 1. The minimum atomic E-state index is 0. The fourth-order valence-corrected chi connectivity index (χ4v) is 3.44. The molecule has 2 aromatic rings. The van der Waals surface area contributed by atoms with E-state index in [1.54, 1.807) is 13.2 Å². The van der Waals surface area contributed by atoms with Crippen LogP contribution >= 0.6 is 24.0 Å². The van der Waals surface area contributed by atoms with Crippen LogP contribution in [0.5, 0.6) is 5.75 Å². The molecule has 3 rings (SSSR count). The minimum absolute atomic E-state index is 0. The van der Waals surface area contributed by atoms with E-state index in [2.05, 4.69) is 44.7 Å². The van der Waals surface area contributed by atoms with Crippen LogP contribution in [0.3, 0.4) is 0 Å². The number of rotatable bonds is 9. The van der Waals surface area contributed by atoms with Crippen LogP contribution in [-0.4, -0.2) is 62.3 Å². The van der Waals surface area contributed by atoms with Gasteiger partial charge in [0.1, 0.15) is 12.4 Å². The number of hydrogen-bond acceptors (Lipinski definition) is 5. The summed E-state index contributed by atoms with van der Waals surface area (Å²) in [5, 5.41) is 6.62. The average Bonchev–Trinajstić information content (AvgIpc) is 2.80. The van der Waals surface area contributed by atoms with Crippen LogP contribution in [-0.2, 0) is 17.8 Å². The maximum atomic E-state index is 5.99. The summed E-state index contributed by atoms with van der Waals surface area (Å²) in [5.41, 5.74) is 2.12. The summed E-state index contributed by atoms with van der Waals surface area (Å²) in [6.45, 7) is 4.62. The summed E-state index contributed by atoms with van der Waals surface area (Å²) >= 11 is 0. The molecule has 1 fully saturated rings. The SMILES string of the molecule is CN=C(NCc1cccc(OCCN(C)C2CCOCC2)c1)NCc1ccccn1.I. The number of aromatic nitrogens is 1. The van der Waals surface area contributed by atoms with Crippen molar-refractivity contribution in [2.45, 2.75) is 32.0 Å². The summed E-state index contributed by atoms with van der Waals surface area (Å²) < 4.78 is 11.4. The van der Waals surface area contributed by atoms with Crippen LogP contribution < -0.4 is 15.4 Å². The van der Waals surface area contributed by atoms with Crippen molar-refractivity contribution in [3.63, 3.8) is 0 Å². The second-order valence-corrected chi connectivity index (χ2v) is 7.42. The number of halogens is 1. The molecule has 0 radical (unpaired) electrons. The normalized spacial score (nSPS) is 14.7. The van der Waals surface area contributed by atoms with E-state index in [4.69, 9.17) is 9.47 Å². The zero-order valence-electron chi connectivity index (χ0n) is 18.4. The van der Waals surface area contributed by atoms with E-state index in [0.717, 1.165) is 55.6 Å². The Labute approximate surface area is 202 Å². The van der Waals surface area contributed by atoms with Gasteiger partial charge in [-0.1, -0.05) is 18.2 Å². The van der Waals surface area contributed by atoms with Gasteiger partial charge in [0, 0.05) is 45.6 Å². The predicted molar refractivity (Wildman–Crippen MR) is 135 cm³/mol. The van der Waals surface area contributed by atoms with Gasteiger partial charge in [0.2, 0.25) is 0 Å². The van der Waals surface area contributed by atoms with Gasteiger partial charge < -0.3 is 20.1 Å². The molecule has 7 nitrogen and oxygen atoms in total. The number of nitrogens with one attached hydrogen (secondary N) is 2. The Hall–Kier alpha value is -1.91. The molecule has 1 saturated heterocycles. The largest absolute Gasteiger partial charge is 0.492 e. The second-order valence-electron chi connectivity index (χ2n) is 7.42. The molecule has 1 aromatic heterocycles. The van der Waals surface area contributed by atoms with Gasteiger partial charge in [0.15, 0.2) is 5.96 Å². The minimum Gasteiger partial charge on any atom is -0.492 e. The summed E-state index contributed by atoms with van der Waals surface area (Å²) in [7, 11) is 3.94. The molecular weight excluding hydrogens is 505 g/mol. The van der Waals surface area contributed by atoms with E-state index >= 15 is 0 Å². The highest BCUT2D eigenvalue weighted by atomic mass is 127. The second kappa shape index (κ2) is 14.2. The lowest BCUT2D eigenvalue weighted by molar-refractivity contribution is 0.0392. The lowest BCUT2D eigenvalue weighted by atomic mass is 10.1. The molecular formula is C23H34IN5O2. The fourth-order valence-electron chi connectivity index (χ4n) is 3.44. The zero-order valence-corrected chi connectivity index (χ0v) is 20.7. The monoisotopic (exact) mass is 539 g/mol. The molecule has 0 unspecified atom stereocenters. The Morgan fingerprint density at radius 1 is 1.16 bits per heavy atom. The van der Waals surface area contributed by atoms with Crippen molar-refractivity contribution in [1.82, 2.24) is 20.5 Å². The van der Waals surface area contributed by atoms with Gasteiger partial charge in [-0.25, -0.2) is 0 Å². The van der Waals surface area contributed by atoms with Gasteiger partial charge in [-0.05, 0) is 49.7 Å². The molecule has 0 aliphatic carbocycles. The Morgan fingerprint density at radius 2 is 1.97 bits per heavy atom. The summed E-state index contributed by atoms with van der Waals surface area (Å²) in [6.07, 6.45) is 4.00. The van der Waals surface area contributed by atoms with E-state index in [1.807, 2.05) is 30.3 Å². The Balaban J connectivity index is 0.00000341. The summed E-state index contributed by atoms with van der Waals surface area (Å²) in [5.74, 6) is 1.64. The van der Waals surface area contributed by atoms with E-state index in [1.165, 1.54) is 0 Å². The standard InChI is InChI=1S/C23H33N5O2.HI/c1-24-23(27-18-20-7-3-4-11-25-20)26-17-19-6-5-8-22(16-19)30-15-12-28(2)21-9-13-29-14-10-21;/h3-8,11,16,21H,9-10,12-15,17-18H2,1-2H3,(H2,24,26,27);1H. The molecule has 170 valence electrons. The highest BCUT2D eigenvalue weighted by Gasteiger charge is 2.17. The molecule has 0 bridgehead atoms. The van der Waals surface area contributed by atoms with E-state index in [9.17, 15) is 0 Å². The molecule has 1 aliphatic heterocycles. The number of pyridine rings is 1. The fraction of sp³-hybridized carbons (Fsp3) is 0.478. The van der Waals surface area contributed by atoms with Gasteiger partial charge in [-0.15, -0.1) is 24.0 Å². The Morgan fingerprint density at radius 3 is 2.71 bits per heavy atom. The first-order valence-electron chi connectivity index (χ1n) is 10.6. The Kier molecular flexibility index (Phi) is 11.6. The third-order valence-electron chi connectivity index (χ3n) is 5.27.